The van der Waals surface area contributed by atoms with Crippen molar-refractivity contribution in [1.29, 1.82) is 0 Å². The number of hydrogen-bond donors (Lipinski definition) is 1. The van der Waals surface area contributed by atoms with Gasteiger partial charge in [0.25, 0.3) is 0 Å². The highest BCUT2D eigenvalue weighted by Gasteiger charge is 2.26. The van der Waals surface area contributed by atoms with Gasteiger partial charge in [-0.15, -0.1) is 0 Å². The number of carbonyl (C=O) groups is 3. The maximum atomic E-state index is 12.1. The number of allylic oxidation sites excluding steroid dienone is 4. The van der Waals surface area contributed by atoms with Gasteiger partial charge >= 0.3 is 5.97 Å². The first-order valence-corrected chi connectivity index (χ1v) is 6.54. The van der Waals surface area contributed by atoms with Crippen LogP contribution in [0.1, 0.15) is 52.9 Å². The molecule has 0 aliphatic heterocycles. The Morgan fingerprint density at radius 1 is 0.895 bits per heavy atom. The summed E-state index contributed by atoms with van der Waals surface area (Å²) in [6, 6.07) is 0. The lowest BCUT2D eigenvalue weighted by Crippen LogP contribution is -2.20. The van der Waals surface area contributed by atoms with E-state index in [4.69, 9.17) is 5.11 Å². The second-order valence-electron chi connectivity index (χ2n) is 4.97. The summed E-state index contributed by atoms with van der Waals surface area (Å²) in [6.07, 6.45) is 2.82. The molecule has 1 aliphatic carbocycles. The molecule has 0 saturated heterocycles. The van der Waals surface area contributed by atoms with Crippen molar-refractivity contribution in [2.24, 2.45) is 0 Å². The van der Waals surface area contributed by atoms with Gasteiger partial charge in [0.1, 0.15) is 0 Å². The zero-order valence-corrected chi connectivity index (χ0v) is 11.7. The number of aliphatic carboxylic acids is 1. The van der Waals surface area contributed by atoms with E-state index in [2.05, 4.69) is 0 Å². The maximum absolute atomic E-state index is 12.1. The molecule has 0 fully saturated rings. The van der Waals surface area contributed by atoms with E-state index < -0.39 is 5.97 Å². The van der Waals surface area contributed by atoms with Crippen LogP contribution in [0, 0.1) is 0 Å². The minimum atomic E-state index is -0.797. The topological polar surface area (TPSA) is 71.4 Å². The molecule has 0 amide bonds. The Hall–Kier alpha value is -1.71. The Labute approximate surface area is 113 Å². The fraction of sp³-hybridized carbons (Fsp3) is 0.533. The van der Waals surface area contributed by atoms with E-state index in [0.717, 1.165) is 12.8 Å². The van der Waals surface area contributed by atoms with Gasteiger partial charge in [0.15, 0.2) is 11.6 Å². The number of ketones is 2. The van der Waals surface area contributed by atoms with E-state index in [1.807, 2.05) is 0 Å². The van der Waals surface area contributed by atoms with Gasteiger partial charge < -0.3 is 5.11 Å². The van der Waals surface area contributed by atoms with Gasteiger partial charge in [-0.05, 0) is 40.0 Å². The van der Waals surface area contributed by atoms with E-state index in [1.54, 1.807) is 20.8 Å². The molecule has 104 valence electrons. The molecule has 0 saturated carbocycles. The number of hydrogen-bond acceptors (Lipinski definition) is 3. The molecule has 0 aromatic heterocycles. The van der Waals surface area contributed by atoms with Crippen LogP contribution >= 0.6 is 0 Å². The van der Waals surface area contributed by atoms with Crippen molar-refractivity contribution in [2.45, 2.75) is 52.9 Å². The van der Waals surface area contributed by atoms with E-state index >= 15 is 0 Å². The fourth-order valence-electron chi connectivity index (χ4n) is 2.21. The van der Waals surface area contributed by atoms with Crippen molar-refractivity contribution in [3.05, 3.63) is 22.3 Å². The first-order valence-electron chi connectivity index (χ1n) is 6.54. The van der Waals surface area contributed by atoms with Crippen molar-refractivity contribution in [2.75, 3.05) is 0 Å². The minimum Gasteiger partial charge on any atom is -0.481 e. The lowest BCUT2D eigenvalue weighted by molar-refractivity contribution is -0.137. The molecular formula is C15H20O4. The van der Waals surface area contributed by atoms with Crippen molar-refractivity contribution in [1.82, 2.24) is 0 Å². The van der Waals surface area contributed by atoms with Gasteiger partial charge in [0.05, 0.1) is 0 Å². The fourth-order valence-corrected chi connectivity index (χ4v) is 2.21. The number of carboxylic acids is 1. The summed E-state index contributed by atoms with van der Waals surface area (Å²) < 4.78 is 0. The summed E-state index contributed by atoms with van der Waals surface area (Å²) in [4.78, 5) is 34.4. The molecule has 0 unspecified atom stereocenters. The predicted molar refractivity (Wildman–Crippen MR) is 71.8 cm³/mol. The van der Waals surface area contributed by atoms with Gasteiger partial charge in [-0.1, -0.05) is 6.42 Å². The first-order chi connectivity index (χ1) is 8.86. The number of unbranched alkanes of at least 4 members (excludes halogenated alkanes) is 2. The van der Waals surface area contributed by atoms with Crippen molar-refractivity contribution >= 4 is 17.5 Å². The smallest absolute Gasteiger partial charge is 0.303 e. The lowest BCUT2D eigenvalue weighted by Gasteiger charge is -2.18. The third kappa shape index (κ3) is 3.63. The average Bonchev–Trinajstić information content (AvgIpc) is 2.37. The molecule has 0 aromatic carbocycles. The number of carbonyl (C=O) groups excluding carboxylic acids is 2. The van der Waals surface area contributed by atoms with Crippen LogP contribution in [0.3, 0.4) is 0 Å². The largest absolute Gasteiger partial charge is 0.481 e. The summed E-state index contributed by atoms with van der Waals surface area (Å²) in [7, 11) is 0. The van der Waals surface area contributed by atoms with Gasteiger partial charge in [-0.2, -0.15) is 0 Å². The zero-order chi connectivity index (χ0) is 14.6. The second-order valence-corrected chi connectivity index (χ2v) is 4.97. The van der Waals surface area contributed by atoms with Gasteiger partial charge in [0.2, 0.25) is 0 Å². The Bertz CT molecular complexity index is 480. The molecule has 0 heterocycles. The molecular weight excluding hydrogens is 244 g/mol. The second kappa shape index (κ2) is 6.45. The average molecular weight is 264 g/mol. The molecule has 1 rings (SSSR count). The van der Waals surface area contributed by atoms with E-state index in [-0.39, 0.29) is 18.0 Å². The Morgan fingerprint density at radius 2 is 1.47 bits per heavy atom. The monoisotopic (exact) mass is 264 g/mol. The molecule has 4 heteroatoms. The molecule has 1 N–H and O–H groups in total. The molecule has 0 atom stereocenters. The highest BCUT2D eigenvalue weighted by Crippen LogP contribution is 2.27. The molecule has 0 aromatic rings. The van der Waals surface area contributed by atoms with Crippen LogP contribution in [0.5, 0.6) is 0 Å². The van der Waals surface area contributed by atoms with Gasteiger partial charge in [-0.3, -0.25) is 14.4 Å². The lowest BCUT2D eigenvalue weighted by atomic mass is 9.84. The molecule has 0 radical (unpaired) electrons. The first kappa shape index (κ1) is 15.3. The SMILES string of the molecule is CC1=C(C)C(=O)C(CCCCCC(=O)O)=C(C)C1=O. The minimum absolute atomic E-state index is 0.0344. The standard InChI is InChI=1S/C15H20O4/c1-9-10(2)15(19)12(11(3)14(9)18)7-5-4-6-8-13(16)17/h4-8H2,1-3H3,(H,16,17). The Morgan fingerprint density at radius 3 is 2.05 bits per heavy atom. The van der Waals surface area contributed by atoms with Crippen molar-refractivity contribution in [3.63, 3.8) is 0 Å². The van der Waals surface area contributed by atoms with Crippen LogP contribution in [0.2, 0.25) is 0 Å². The summed E-state index contributed by atoms with van der Waals surface area (Å²) in [5.41, 5.74) is 2.23. The maximum Gasteiger partial charge on any atom is 0.303 e. The van der Waals surface area contributed by atoms with Crippen LogP contribution < -0.4 is 0 Å². The molecule has 19 heavy (non-hydrogen) atoms. The summed E-state index contributed by atoms with van der Waals surface area (Å²) in [6.45, 7) is 5.07. The molecule has 0 bridgehead atoms. The Kier molecular flexibility index (Phi) is 5.21. The third-order valence-corrected chi connectivity index (χ3v) is 3.63. The van der Waals surface area contributed by atoms with Gasteiger partial charge in [-0.25, -0.2) is 0 Å². The van der Waals surface area contributed by atoms with Crippen LogP contribution in [0.4, 0.5) is 0 Å². The number of carboxylic acid groups (broad SMARTS) is 1. The van der Waals surface area contributed by atoms with Crippen LogP contribution in [0.15, 0.2) is 22.3 Å². The molecule has 0 spiro atoms. The van der Waals surface area contributed by atoms with Crippen molar-refractivity contribution in [3.8, 4) is 0 Å². The summed E-state index contributed by atoms with van der Waals surface area (Å²) in [5.74, 6) is -0.876. The normalized spacial score (nSPS) is 16.4. The van der Waals surface area contributed by atoms with Crippen LogP contribution in [-0.4, -0.2) is 22.6 Å². The highest BCUT2D eigenvalue weighted by molar-refractivity contribution is 6.24. The number of Topliss-reactive ketones (excluding diaryl/α,β-unsaturated/α-hetero) is 2. The predicted octanol–water partition coefficient (Wildman–Crippen LogP) is 2.83. The summed E-state index contributed by atoms with van der Waals surface area (Å²) in [5, 5.41) is 8.53. The van der Waals surface area contributed by atoms with Crippen LogP contribution in [-0.2, 0) is 14.4 Å². The Balaban J connectivity index is 2.60. The van der Waals surface area contributed by atoms with E-state index in [9.17, 15) is 14.4 Å². The molecule has 1 aliphatic rings. The third-order valence-electron chi connectivity index (χ3n) is 3.63. The zero-order valence-electron chi connectivity index (χ0n) is 11.7. The van der Waals surface area contributed by atoms with E-state index in [1.165, 1.54) is 0 Å². The van der Waals surface area contributed by atoms with Crippen molar-refractivity contribution < 1.29 is 19.5 Å². The molecule has 4 nitrogen and oxygen atoms in total. The van der Waals surface area contributed by atoms with E-state index in [0.29, 0.717) is 35.1 Å². The van der Waals surface area contributed by atoms with Crippen LogP contribution in [0.25, 0.3) is 0 Å². The number of rotatable bonds is 6. The quantitative estimate of drug-likeness (QED) is 0.591. The van der Waals surface area contributed by atoms with Gasteiger partial charge in [0, 0.05) is 28.7 Å². The summed E-state index contributed by atoms with van der Waals surface area (Å²) >= 11 is 0. The highest BCUT2D eigenvalue weighted by atomic mass is 16.4.